The van der Waals surface area contributed by atoms with Crippen molar-refractivity contribution in [3.05, 3.63) is 34.6 Å². The normalized spacial score (nSPS) is 11.0. The van der Waals surface area contributed by atoms with Crippen LogP contribution < -0.4 is 0 Å². The van der Waals surface area contributed by atoms with Gasteiger partial charge in [-0.1, -0.05) is 0 Å². The molecule has 3 nitrogen and oxygen atoms in total. The summed E-state index contributed by atoms with van der Waals surface area (Å²) >= 11 is 0. The van der Waals surface area contributed by atoms with E-state index in [1.807, 2.05) is 20.8 Å². The van der Waals surface area contributed by atoms with Crippen LogP contribution in [0.1, 0.15) is 32.8 Å². The van der Waals surface area contributed by atoms with Crippen LogP contribution in [0.15, 0.2) is 0 Å². The quantitative estimate of drug-likeness (QED) is 0.307. The average molecular weight is 382 g/mol. The van der Waals surface area contributed by atoms with Crippen molar-refractivity contribution in [1.82, 2.24) is 0 Å². The first-order valence-corrected chi connectivity index (χ1v) is 8.28. The Balaban J connectivity index is 0.000000470. The summed E-state index contributed by atoms with van der Waals surface area (Å²) in [7, 11) is -1.73. The van der Waals surface area contributed by atoms with Gasteiger partial charge in [0.2, 0.25) is 5.82 Å². The van der Waals surface area contributed by atoms with E-state index in [0.717, 1.165) is 0 Å². The van der Waals surface area contributed by atoms with E-state index >= 15 is 0 Å². The van der Waals surface area contributed by atoms with E-state index in [4.69, 9.17) is 13.3 Å². The van der Waals surface area contributed by atoms with Crippen LogP contribution in [0, 0.1) is 29.1 Å². The number of hydrogen-bond donors (Lipinski definition) is 0. The Morgan fingerprint density at radius 1 is 0.667 bits per heavy atom. The second-order valence-electron chi connectivity index (χ2n) is 3.94. The van der Waals surface area contributed by atoms with Gasteiger partial charge >= 0.3 is 9.53 Å². The fourth-order valence-corrected chi connectivity index (χ4v) is 2.47. The lowest BCUT2D eigenvalue weighted by molar-refractivity contribution is 0.107. The number of benzene rings is 1. The maximum atomic E-state index is 12.5. The van der Waals surface area contributed by atoms with Gasteiger partial charge in [0.1, 0.15) is 0 Å². The molecule has 0 spiro atoms. The molecule has 0 unspecified atom stereocenters. The predicted molar refractivity (Wildman–Crippen MR) is 73.2 cm³/mol. The molecular weight excluding hydrogens is 365 g/mol. The topological polar surface area (TPSA) is 27.7 Å². The summed E-state index contributed by atoms with van der Waals surface area (Å²) in [5.74, 6) is -12.2. The molecular formula is C13H17F7O3Si. The molecule has 0 radical (unpaired) electrons. The average Bonchev–Trinajstić information content (AvgIpc) is 2.52. The van der Waals surface area contributed by atoms with Gasteiger partial charge in [0.15, 0.2) is 23.3 Å². The smallest absolute Gasteiger partial charge is 0.376 e. The van der Waals surface area contributed by atoms with Crippen molar-refractivity contribution >= 4 is 9.53 Å². The van der Waals surface area contributed by atoms with Crippen molar-refractivity contribution in [2.45, 2.75) is 27.2 Å². The molecule has 1 aromatic rings. The van der Waals surface area contributed by atoms with E-state index in [2.05, 4.69) is 0 Å². The minimum atomic E-state index is -3.76. The van der Waals surface area contributed by atoms with Crippen molar-refractivity contribution in [2.24, 2.45) is 0 Å². The third-order valence-corrected chi connectivity index (χ3v) is 4.19. The van der Waals surface area contributed by atoms with Gasteiger partial charge in [-0.15, -0.1) is 0 Å². The molecule has 140 valence electrons. The lowest BCUT2D eigenvalue weighted by atomic mass is 10.2. The molecule has 0 N–H and O–H groups in total. The zero-order valence-corrected chi connectivity index (χ0v) is 14.3. The summed E-state index contributed by atoms with van der Waals surface area (Å²) in [6.45, 7) is 7.86. The fourth-order valence-electron chi connectivity index (χ4n) is 1.37. The molecule has 0 aliphatic rings. The van der Waals surface area contributed by atoms with Crippen LogP contribution in [-0.4, -0.2) is 29.3 Å². The maximum absolute atomic E-state index is 12.5. The molecule has 0 atom stereocenters. The van der Waals surface area contributed by atoms with Crippen molar-refractivity contribution in [2.75, 3.05) is 19.8 Å². The van der Waals surface area contributed by atoms with Crippen LogP contribution in [0.25, 0.3) is 0 Å². The van der Waals surface area contributed by atoms with Crippen molar-refractivity contribution in [3.8, 4) is 0 Å². The van der Waals surface area contributed by atoms with Crippen LogP contribution in [0.4, 0.5) is 30.7 Å². The monoisotopic (exact) mass is 382 g/mol. The Morgan fingerprint density at radius 2 is 0.958 bits per heavy atom. The van der Waals surface area contributed by atoms with Crippen LogP contribution in [0.2, 0.25) is 0 Å². The van der Waals surface area contributed by atoms with Crippen LogP contribution >= 0.6 is 0 Å². The van der Waals surface area contributed by atoms with Gasteiger partial charge < -0.3 is 13.3 Å². The molecule has 0 aliphatic heterocycles. The Kier molecular flexibility index (Phi) is 10.8. The number of rotatable bonds is 7. The lowest BCUT2D eigenvalue weighted by Gasteiger charge is -2.12. The highest BCUT2D eigenvalue weighted by atomic mass is 28.3. The van der Waals surface area contributed by atoms with Crippen molar-refractivity contribution in [1.29, 1.82) is 0 Å². The van der Waals surface area contributed by atoms with E-state index in [0.29, 0.717) is 19.8 Å². The first-order chi connectivity index (χ1) is 11.2. The highest BCUT2D eigenvalue weighted by Crippen LogP contribution is 2.30. The Morgan fingerprint density at radius 3 is 1.21 bits per heavy atom. The minimum Gasteiger partial charge on any atom is -0.376 e. The summed E-state index contributed by atoms with van der Waals surface area (Å²) in [6.07, 6.45) is -3.76. The van der Waals surface area contributed by atoms with E-state index < -0.39 is 50.6 Å². The third kappa shape index (κ3) is 6.38. The van der Waals surface area contributed by atoms with Crippen molar-refractivity contribution < 1.29 is 44.0 Å². The zero-order chi connectivity index (χ0) is 18.9. The van der Waals surface area contributed by atoms with Gasteiger partial charge in [-0.25, -0.2) is 30.7 Å². The summed E-state index contributed by atoms with van der Waals surface area (Å²) in [6, 6.07) is 0. The third-order valence-electron chi connectivity index (χ3n) is 2.37. The number of hydrogen-bond acceptors (Lipinski definition) is 3. The summed E-state index contributed by atoms with van der Waals surface area (Å²) in [5.41, 5.74) is -2.11. The molecule has 0 aromatic heterocycles. The lowest BCUT2D eigenvalue weighted by Crippen LogP contribution is -2.27. The number of halogens is 7. The molecule has 0 amide bonds. The molecule has 0 aliphatic carbocycles. The van der Waals surface area contributed by atoms with E-state index in [1.165, 1.54) is 0 Å². The molecule has 1 aromatic carbocycles. The second kappa shape index (κ2) is 11.4. The van der Waals surface area contributed by atoms with Crippen molar-refractivity contribution in [3.63, 3.8) is 0 Å². The van der Waals surface area contributed by atoms with Gasteiger partial charge in [0.05, 0.1) is 5.56 Å². The highest BCUT2D eigenvalue weighted by molar-refractivity contribution is 6.36. The van der Waals surface area contributed by atoms with Gasteiger partial charge in [0, 0.05) is 19.8 Å². The van der Waals surface area contributed by atoms with Gasteiger partial charge in [-0.05, 0) is 20.8 Å². The highest BCUT2D eigenvalue weighted by Gasteiger charge is 2.30. The molecule has 0 heterocycles. The summed E-state index contributed by atoms with van der Waals surface area (Å²) in [5, 5.41) is 0. The van der Waals surface area contributed by atoms with Gasteiger partial charge in [-0.3, -0.25) is 0 Å². The molecule has 0 saturated heterocycles. The Labute approximate surface area is 136 Å². The van der Waals surface area contributed by atoms with E-state index in [-0.39, 0.29) is 0 Å². The van der Waals surface area contributed by atoms with Crippen LogP contribution in [0.5, 0.6) is 0 Å². The van der Waals surface area contributed by atoms with E-state index in [1.54, 1.807) is 0 Å². The summed E-state index contributed by atoms with van der Waals surface area (Å²) in [4.78, 5) is 0. The predicted octanol–water partition coefficient (Wildman–Crippen LogP) is 4.13. The Hall–Kier alpha value is -1.17. The largest absolute Gasteiger partial charge is 0.484 e. The van der Waals surface area contributed by atoms with Crippen LogP contribution in [0.3, 0.4) is 0 Å². The molecule has 11 heteroatoms. The first kappa shape index (κ1) is 22.8. The molecule has 24 heavy (non-hydrogen) atoms. The van der Waals surface area contributed by atoms with Gasteiger partial charge in [0.25, 0.3) is 6.43 Å². The fraction of sp³-hybridized carbons (Fsp3) is 0.538. The SMILES string of the molecule is CCO[SiH](OCC)OCC.Fc1c(F)c(F)c(C(F)F)c(F)c1F. The maximum Gasteiger partial charge on any atom is 0.484 e. The molecule has 1 rings (SSSR count). The summed E-state index contributed by atoms with van der Waals surface area (Å²) < 4.78 is 101. The van der Waals surface area contributed by atoms with E-state index in [9.17, 15) is 30.7 Å². The minimum absolute atomic E-state index is 0.677. The number of alkyl halides is 2. The molecule has 0 bridgehead atoms. The standard InChI is InChI=1S/C7HF7.C6H16O3Si/c8-2-1(7(13)14)3(9)5(11)6(12)4(2)10;1-4-7-10(8-5-2)9-6-3/h7H;10H,4-6H2,1-3H3. The second-order valence-corrected chi connectivity index (χ2v) is 5.52. The molecule has 0 fully saturated rings. The first-order valence-electron chi connectivity index (χ1n) is 6.86. The zero-order valence-electron chi connectivity index (χ0n) is 13.1. The van der Waals surface area contributed by atoms with Gasteiger partial charge in [-0.2, -0.15) is 0 Å². The van der Waals surface area contributed by atoms with Crippen LogP contribution in [-0.2, 0) is 13.3 Å². The molecule has 0 saturated carbocycles. The Bertz CT molecular complexity index is 474.